The summed E-state index contributed by atoms with van der Waals surface area (Å²) in [5, 5.41) is 9.91. The summed E-state index contributed by atoms with van der Waals surface area (Å²) in [5.74, 6) is -0.0697. The van der Waals surface area contributed by atoms with Gasteiger partial charge in [-0.25, -0.2) is 9.78 Å². The maximum atomic E-state index is 11.1. The number of hydrogen-bond donors (Lipinski definition) is 1. The van der Waals surface area contributed by atoms with Crippen molar-refractivity contribution in [3.8, 4) is 5.75 Å². The molecule has 20 heavy (non-hydrogen) atoms. The average molecular weight is 291 g/mol. The maximum Gasteiger partial charge on any atom is 0.347 e. The molecule has 0 unspecified atom stereocenters. The molecule has 0 bridgehead atoms. The molecule has 0 aliphatic rings. The second kappa shape index (κ2) is 5.63. The van der Waals surface area contributed by atoms with Gasteiger partial charge >= 0.3 is 5.97 Å². The number of hydrogen-bond acceptors (Lipinski definition) is 4. The Hall–Kier alpha value is -1.88. The minimum atomic E-state index is -0.908. The van der Waals surface area contributed by atoms with Crippen molar-refractivity contribution >= 4 is 17.3 Å². The lowest BCUT2D eigenvalue weighted by Crippen LogP contribution is -1.97. The number of benzene rings is 1. The quantitative estimate of drug-likeness (QED) is 0.938. The van der Waals surface area contributed by atoms with Crippen LogP contribution in [0.15, 0.2) is 12.1 Å². The number of thiazole rings is 1. The normalized spacial score (nSPS) is 10.6. The molecule has 0 aliphatic carbocycles. The SMILES string of the molecule is COc1cc(C)c(Cc2nc(C)c(C(=O)O)s2)c(C)c1. The van der Waals surface area contributed by atoms with Gasteiger partial charge in [0.1, 0.15) is 10.6 Å². The van der Waals surface area contributed by atoms with Crippen molar-refractivity contribution in [1.82, 2.24) is 4.98 Å². The van der Waals surface area contributed by atoms with Crippen molar-refractivity contribution in [3.05, 3.63) is 44.4 Å². The third-order valence-corrected chi connectivity index (χ3v) is 4.41. The Kier molecular flexibility index (Phi) is 4.09. The van der Waals surface area contributed by atoms with E-state index in [0.29, 0.717) is 17.0 Å². The summed E-state index contributed by atoms with van der Waals surface area (Å²) < 4.78 is 5.25. The first-order chi connectivity index (χ1) is 9.42. The van der Waals surface area contributed by atoms with Gasteiger partial charge < -0.3 is 9.84 Å². The molecule has 1 N–H and O–H groups in total. The van der Waals surface area contributed by atoms with Crippen LogP contribution in [0, 0.1) is 20.8 Å². The molecule has 0 fully saturated rings. The molecular formula is C15H17NO3S. The predicted octanol–water partition coefficient (Wildman–Crippen LogP) is 3.37. The van der Waals surface area contributed by atoms with Crippen LogP contribution in [0.25, 0.3) is 0 Å². The largest absolute Gasteiger partial charge is 0.497 e. The van der Waals surface area contributed by atoms with Crippen LogP contribution in [-0.4, -0.2) is 23.2 Å². The highest BCUT2D eigenvalue weighted by atomic mass is 32.1. The third-order valence-electron chi connectivity index (χ3n) is 3.27. The Morgan fingerprint density at radius 1 is 1.30 bits per heavy atom. The number of ether oxygens (including phenoxy) is 1. The van der Waals surface area contributed by atoms with Crippen LogP contribution in [0.1, 0.15) is 37.1 Å². The standard InChI is InChI=1S/C15H17NO3S/c1-8-5-11(19-4)6-9(2)12(8)7-13-16-10(3)14(20-13)15(17)18/h5-6H,7H2,1-4H3,(H,17,18). The van der Waals surface area contributed by atoms with E-state index in [2.05, 4.69) is 4.98 Å². The van der Waals surface area contributed by atoms with Gasteiger partial charge in [-0.15, -0.1) is 11.3 Å². The Morgan fingerprint density at radius 3 is 2.35 bits per heavy atom. The topological polar surface area (TPSA) is 59.4 Å². The maximum absolute atomic E-state index is 11.1. The number of aromatic nitrogens is 1. The molecule has 0 radical (unpaired) electrons. The first-order valence-electron chi connectivity index (χ1n) is 6.26. The molecule has 0 saturated carbocycles. The Balaban J connectivity index is 2.35. The fraction of sp³-hybridized carbons (Fsp3) is 0.333. The summed E-state index contributed by atoms with van der Waals surface area (Å²) in [4.78, 5) is 15.7. The van der Waals surface area contributed by atoms with Crippen LogP contribution in [-0.2, 0) is 6.42 Å². The number of aromatic carboxylic acids is 1. The second-order valence-electron chi connectivity index (χ2n) is 4.74. The van der Waals surface area contributed by atoms with Gasteiger partial charge in [-0.3, -0.25) is 0 Å². The fourth-order valence-electron chi connectivity index (χ4n) is 2.23. The molecule has 5 heteroatoms. The number of rotatable bonds is 4. The van der Waals surface area contributed by atoms with E-state index in [1.54, 1.807) is 14.0 Å². The summed E-state index contributed by atoms with van der Waals surface area (Å²) in [6.45, 7) is 5.80. The zero-order valence-electron chi connectivity index (χ0n) is 12.0. The van der Waals surface area contributed by atoms with Crippen molar-refractivity contribution in [3.63, 3.8) is 0 Å². The number of carboxylic acid groups (broad SMARTS) is 1. The smallest absolute Gasteiger partial charge is 0.347 e. The summed E-state index contributed by atoms with van der Waals surface area (Å²) >= 11 is 1.25. The molecular weight excluding hydrogens is 274 g/mol. The van der Waals surface area contributed by atoms with E-state index >= 15 is 0 Å². The van der Waals surface area contributed by atoms with Gasteiger partial charge in [-0.1, -0.05) is 0 Å². The van der Waals surface area contributed by atoms with Crippen LogP contribution >= 0.6 is 11.3 Å². The molecule has 2 rings (SSSR count). The van der Waals surface area contributed by atoms with Gasteiger partial charge in [0.15, 0.2) is 0 Å². The Bertz CT molecular complexity index is 638. The lowest BCUT2D eigenvalue weighted by Gasteiger charge is -2.10. The number of carboxylic acids is 1. The third kappa shape index (κ3) is 2.82. The minimum Gasteiger partial charge on any atom is -0.497 e. The first-order valence-corrected chi connectivity index (χ1v) is 7.07. The highest BCUT2D eigenvalue weighted by molar-refractivity contribution is 7.13. The molecule has 1 heterocycles. The first kappa shape index (κ1) is 14.5. The molecule has 2 aromatic rings. The van der Waals surface area contributed by atoms with Crippen molar-refractivity contribution in [2.75, 3.05) is 7.11 Å². The molecule has 1 aromatic carbocycles. The molecule has 0 atom stereocenters. The predicted molar refractivity (Wildman–Crippen MR) is 79.1 cm³/mol. The molecule has 0 amide bonds. The minimum absolute atomic E-state index is 0.323. The fourth-order valence-corrected chi connectivity index (χ4v) is 3.14. The van der Waals surface area contributed by atoms with E-state index in [4.69, 9.17) is 9.84 Å². The number of methoxy groups -OCH3 is 1. The van der Waals surface area contributed by atoms with E-state index in [1.165, 1.54) is 16.9 Å². The molecule has 0 saturated heterocycles. The number of nitrogens with zero attached hydrogens (tertiary/aromatic N) is 1. The summed E-state index contributed by atoms with van der Waals surface area (Å²) in [5.41, 5.74) is 4.02. The van der Waals surface area contributed by atoms with E-state index in [0.717, 1.165) is 21.9 Å². The molecule has 1 aromatic heterocycles. The van der Waals surface area contributed by atoms with Crippen LogP contribution in [0.3, 0.4) is 0 Å². The van der Waals surface area contributed by atoms with Crippen molar-refractivity contribution in [2.24, 2.45) is 0 Å². The van der Waals surface area contributed by atoms with Crippen molar-refractivity contribution < 1.29 is 14.6 Å². The van der Waals surface area contributed by atoms with Crippen LogP contribution in [0.2, 0.25) is 0 Å². The van der Waals surface area contributed by atoms with Gasteiger partial charge in [-0.05, 0) is 49.6 Å². The molecule has 106 valence electrons. The second-order valence-corrected chi connectivity index (χ2v) is 5.83. The average Bonchev–Trinajstić information content (AvgIpc) is 2.74. The van der Waals surface area contributed by atoms with Crippen LogP contribution in [0.5, 0.6) is 5.75 Å². The lowest BCUT2D eigenvalue weighted by atomic mass is 10.00. The molecule has 0 spiro atoms. The monoisotopic (exact) mass is 291 g/mol. The van der Waals surface area contributed by atoms with Crippen LogP contribution in [0.4, 0.5) is 0 Å². The number of aryl methyl sites for hydroxylation is 3. The Labute approximate surface area is 122 Å². The summed E-state index contributed by atoms with van der Waals surface area (Å²) in [6, 6.07) is 3.97. The summed E-state index contributed by atoms with van der Waals surface area (Å²) in [7, 11) is 1.65. The van der Waals surface area contributed by atoms with Gasteiger partial charge in [-0.2, -0.15) is 0 Å². The van der Waals surface area contributed by atoms with E-state index in [1.807, 2.05) is 26.0 Å². The van der Waals surface area contributed by atoms with Gasteiger partial charge in [0.2, 0.25) is 0 Å². The molecule has 4 nitrogen and oxygen atoms in total. The van der Waals surface area contributed by atoms with Gasteiger partial charge in [0.05, 0.1) is 17.8 Å². The van der Waals surface area contributed by atoms with Crippen molar-refractivity contribution in [1.29, 1.82) is 0 Å². The van der Waals surface area contributed by atoms with Gasteiger partial charge in [0.25, 0.3) is 0 Å². The molecule has 0 aliphatic heterocycles. The summed E-state index contributed by atoms with van der Waals surface area (Å²) in [6.07, 6.45) is 0.653. The zero-order valence-corrected chi connectivity index (χ0v) is 12.8. The highest BCUT2D eigenvalue weighted by Gasteiger charge is 2.15. The lowest BCUT2D eigenvalue weighted by molar-refractivity contribution is 0.0701. The van der Waals surface area contributed by atoms with E-state index in [-0.39, 0.29) is 0 Å². The Morgan fingerprint density at radius 2 is 1.90 bits per heavy atom. The van der Waals surface area contributed by atoms with E-state index < -0.39 is 5.97 Å². The zero-order chi connectivity index (χ0) is 14.9. The highest BCUT2D eigenvalue weighted by Crippen LogP contribution is 2.26. The van der Waals surface area contributed by atoms with Gasteiger partial charge in [0, 0.05) is 6.42 Å². The number of carbonyl (C=O) groups is 1. The van der Waals surface area contributed by atoms with Crippen molar-refractivity contribution in [2.45, 2.75) is 27.2 Å². The van der Waals surface area contributed by atoms with Crippen LogP contribution < -0.4 is 4.74 Å². The van der Waals surface area contributed by atoms with E-state index in [9.17, 15) is 4.79 Å².